The van der Waals surface area contributed by atoms with Crippen LogP contribution in [0.15, 0.2) is 96.2 Å². The molecule has 1 aromatic heterocycles. The minimum atomic E-state index is -1.79. The van der Waals surface area contributed by atoms with Crippen molar-refractivity contribution in [1.29, 1.82) is 0 Å². The van der Waals surface area contributed by atoms with Crippen molar-refractivity contribution in [1.82, 2.24) is 57.7 Å². The summed E-state index contributed by atoms with van der Waals surface area (Å²) in [6.45, 7) is 3.55. The van der Waals surface area contributed by atoms with Gasteiger partial charge in [0, 0.05) is 68.2 Å². The number of halogens is 1. The molecule has 0 unspecified atom stereocenters. The Hall–Kier alpha value is -8.54. The first-order valence-corrected chi connectivity index (χ1v) is 32.1. The van der Waals surface area contributed by atoms with Crippen LogP contribution in [0.25, 0.3) is 10.8 Å². The fourth-order valence-electron chi connectivity index (χ4n) is 10.0. The summed E-state index contributed by atoms with van der Waals surface area (Å²) in [6.07, 6.45) is 3.47. The Labute approximate surface area is 533 Å². The summed E-state index contributed by atoms with van der Waals surface area (Å²) in [5, 5.41) is 36.9. The highest BCUT2D eigenvalue weighted by Gasteiger charge is 2.40. The largest absolute Gasteiger partial charge is 0.394 e. The van der Waals surface area contributed by atoms with Crippen LogP contribution in [0.4, 0.5) is 0 Å². The van der Waals surface area contributed by atoms with Gasteiger partial charge in [-0.25, -0.2) is 0 Å². The molecule has 0 radical (unpaired) electrons. The highest BCUT2D eigenvalue weighted by molar-refractivity contribution is 8.76. The number of amides is 11. The van der Waals surface area contributed by atoms with E-state index < -0.39 is 133 Å². The van der Waals surface area contributed by atoms with Crippen molar-refractivity contribution < 1.29 is 57.8 Å². The van der Waals surface area contributed by atoms with E-state index in [0.717, 1.165) is 37.9 Å². The van der Waals surface area contributed by atoms with Gasteiger partial charge < -0.3 is 75.1 Å². The van der Waals surface area contributed by atoms with Gasteiger partial charge in [0.25, 0.3) is 0 Å². The number of likely N-dealkylation sites (tertiary alicyclic amines) is 1. The molecule has 0 saturated carbocycles. The van der Waals surface area contributed by atoms with Gasteiger partial charge in [-0.05, 0) is 83.7 Å². The lowest BCUT2D eigenvalue weighted by Crippen LogP contribution is -2.62. The van der Waals surface area contributed by atoms with Crippen molar-refractivity contribution in [3.63, 3.8) is 0 Å². The van der Waals surface area contributed by atoms with Crippen molar-refractivity contribution in [3.8, 4) is 0 Å². The molecule has 4 aromatic rings. The number of aliphatic hydroxyl groups excluding tert-OH is 1. The number of benzene rings is 3. The molecule has 484 valence electrons. The standard InChI is InChI=1S/C60H78ClN15O12S2/c1-33(2)23-42-52(81)75-48(59(88)76-22-8-13-49(76)58(87)67-29-50(62)79)32-90-89-31-47(57(86)69-41(51(80)70-42)12-7-21-66-60(63)64)74-56(85)46(30-77)73-55(84)45(27-37-9-6-20-65-28-37)72-54(83)44(25-35-15-18-40(61)19-16-35)71-53(82)43(68-34(3)78)26-36-14-17-38-10-4-5-11-39(38)24-36/h4-6,9-11,14-20,24,28,33,41-49,77H,7-8,12-13,21-23,25-27,29-32H2,1-3H3,(H2,62,79)(H,67,87)(H,68,78)(H,69,86)(H,70,80)(H,71,82)(H,72,83)(H,73,84)(H,74,85)(H,75,81)(H4,63,64,66)/t41-,42+,43-,44-,45-,46+,47+,48+,49+/m1/s1. The van der Waals surface area contributed by atoms with Crippen molar-refractivity contribution in [3.05, 3.63) is 113 Å². The summed E-state index contributed by atoms with van der Waals surface area (Å²) in [5.41, 5.74) is 18.1. The Balaban J connectivity index is 1.26. The first-order chi connectivity index (χ1) is 43.0. The molecule has 3 heterocycles. The van der Waals surface area contributed by atoms with Crippen LogP contribution in [0.1, 0.15) is 69.6 Å². The Kier molecular flexibility index (Phi) is 27.4. The molecule has 3 aromatic carbocycles. The highest BCUT2D eigenvalue weighted by Crippen LogP contribution is 2.27. The maximum Gasteiger partial charge on any atom is 0.246 e. The third kappa shape index (κ3) is 22.2. The lowest BCUT2D eigenvalue weighted by molar-refractivity contribution is -0.141. The highest BCUT2D eigenvalue weighted by atomic mass is 35.5. The summed E-state index contributed by atoms with van der Waals surface area (Å²) in [4.78, 5) is 162. The van der Waals surface area contributed by atoms with Gasteiger partial charge in [-0.2, -0.15) is 0 Å². The monoisotopic (exact) mass is 1300 g/mol. The van der Waals surface area contributed by atoms with Gasteiger partial charge >= 0.3 is 0 Å². The van der Waals surface area contributed by atoms with Crippen molar-refractivity contribution >= 4 is 115 Å². The van der Waals surface area contributed by atoms with E-state index in [-0.39, 0.29) is 81.4 Å². The van der Waals surface area contributed by atoms with E-state index in [9.17, 15) is 57.8 Å². The number of hydrogen-bond acceptors (Lipinski definition) is 16. The normalized spacial score (nSPS) is 19.4. The topological polar surface area (TPSA) is 423 Å². The van der Waals surface area contributed by atoms with Gasteiger partial charge in [0.2, 0.25) is 65.0 Å². The molecule has 0 aliphatic carbocycles. The van der Waals surface area contributed by atoms with Crippen molar-refractivity contribution in [2.24, 2.45) is 28.1 Å². The summed E-state index contributed by atoms with van der Waals surface area (Å²) in [6, 6.07) is 10.7. The molecule has 2 aliphatic heterocycles. The zero-order valence-corrected chi connectivity index (χ0v) is 52.4. The number of fused-ring (bicyclic) bond motifs is 1. The maximum absolute atomic E-state index is 14.7. The van der Waals surface area contributed by atoms with E-state index in [2.05, 4.69) is 57.8 Å². The molecule has 2 fully saturated rings. The van der Waals surface area contributed by atoms with E-state index in [4.69, 9.17) is 28.8 Å². The fourth-order valence-corrected chi connectivity index (χ4v) is 12.5. The number of hydrogen-bond donors (Lipinski definition) is 13. The molecular weight excluding hydrogens is 1220 g/mol. The molecule has 6 rings (SSSR count). The smallest absolute Gasteiger partial charge is 0.246 e. The molecule has 30 heteroatoms. The molecule has 90 heavy (non-hydrogen) atoms. The Morgan fingerprint density at radius 2 is 1.33 bits per heavy atom. The number of pyridine rings is 1. The molecule has 11 amide bonds. The average molecular weight is 1300 g/mol. The van der Waals surface area contributed by atoms with E-state index in [1.807, 2.05) is 56.3 Å². The van der Waals surface area contributed by atoms with Crippen LogP contribution < -0.4 is 65.1 Å². The number of nitrogens with two attached hydrogens (primary N) is 3. The second-order valence-electron chi connectivity index (χ2n) is 22.2. The van der Waals surface area contributed by atoms with Gasteiger partial charge in [-0.3, -0.25) is 62.7 Å². The zero-order chi connectivity index (χ0) is 65.4. The average Bonchev–Trinajstić information content (AvgIpc) is 1.62. The Bertz CT molecular complexity index is 3240. The predicted molar refractivity (Wildman–Crippen MR) is 340 cm³/mol. The van der Waals surface area contributed by atoms with Gasteiger partial charge in [-0.1, -0.05) is 108 Å². The fraction of sp³-hybridized carbons (Fsp3) is 0.450. The Morgan fingerprint density at radius 3 is 1.97 bits per heavy atom. The van der Waals surface area contributed by atoms with Gasteiger partial charge in [0.05, 0.1) is 13.2 Å². The third-order valence-corrected chi connectivity index (χ3v) is 17.2. The van der Waals surface area contributed by atoms with Crippen LogP contribution in [0.2, 0.25) is 5.02 Å². The number of nitrogens with zero attached hydrogens (tertiary/aromatic N) is 3. The Morgan fingerprint density at radius 1 is 0.722 bits per heavy atom. The molecular formula is C60H78ClN15O12S2. The molecule has 2 saturated heterocycles. The van der Waals surface area contributed by atoms with Gasteiger partial charge in [0.1, 0.15) is 54.4 Å². The second kappa shape index (κ2) is 35.0. The summed E-state index contributed by atoms with van der Waals surface area (Å²) < 4.78 is 0. The van der Waals surface area contributed by atoms with E-state index >= 15 is 0 Å². The number of aromatic nitrogens is 1. The third-order valence-electron chi connectivity index (χ3n) is 14.5. The van der Waals surface area contributed by atoms with Crippen LogP contribution in [0.3, 0.4) is 0 Å². The number of rotatable bonds is 26. The van der Waals surface area contributed by atoms with Crippen LogP contribution >= 0.6 is 33.2 Å². The zero-order valence-electron chi connectivity index (χ0n) is 50.0. The van der Waals surface area contributed by atoms with Crippen LogP contribution in [0, 0.1) is 5.92 Å². The van der Waals surface area contributed by atoms with Crippen LogP contribution in [-0.4, -0.2) is 178 Å². The SMILES string of the molecule is CC(=O)N[C@H](Cc1ccc2ccccc2c1)C(=O)N[C@H](Cc1ccc(Cl)cc1)C(=O)N[C@H](Cc1cccnc1)C(=O)N[C@@H](CO)C(=O)N[C@H]1CSSC[C@@H](C(=O)N2CCC[C@H]2C(=O)NCC(N)=O)NC(=O)[C@H](CC(C)C)NC(=O)[C@@H](CCCN=C(N)N)NC1=O. The number of carbonyl (C=O) groups excluding carboxylic acids is 11. The second-order valence-corrected chi connectivity index (χ2v) is 25.2. The molecule has 0 spiro atoms. The minimum absolute atomic E-state index is 0.0376. The van der Waals surface area contributed by atoms with Gasteiger partial charge in [-0.15, -0.1) is 0 Å². The molecule has 27 nitrogen and oxygen atoms in total. The van der Waals surface area contributed by atoms with Crippen molar-refractivity contribution in [2.45, 2.75) is 127 Å². The number of nitrogens with one attached hydrogen (secondary N) is 9. The van der Waals surface area contributed by atoms with E-state index in [1.54, 1.807) is 36.4 Å². The summed E-state index contributed by atoms with van der Waals surface area (Å²) in [7, 11) is 2.03. The quantitative estimate of drug-likeness (QED) is 0.0153. The predicted octanol–water partition coefficient (Wildman–Crippen LogP) is -1.11. The first kappa shape index (κ1) is 70.5. The number of guanidine groups is 1. The lowest BCUT2D eigenvalue weighted by atomic mass is 9.99. The molecule has 0 bridgehead atoms. The number of aliphatic hydroxyl groups is 1. The van der Waals surface area contributed by atoms with Gasteiger partial charge in [0.15, 0.2) is 5.96 Å². The lowest BCUT2D eigenvalue weighted by Gasteiger charge is -2.31. The number of aliphatic imine (C=N–C) groups is 1. The summed E-state index contributed by atoms with van der Waals surface area (Å²) >= 11 is 6.21. The molecule has 2 aliphatic rings. The molecule has 9 atom stereocenters. The van der Waals surface area contributed by atoms with Crippen molar-refractivity contribution in [2.75, 3.05) is 37.7 Å². The van der Waals surface area contributed by atoms with Crippen LogP contribution in [-0.2, 0) is 72.0 Å². The number of primary amides is 1. The van der Waals surface area contributed by atoms with Crippen LogP contribution in [0.5, 0.6) is 0 Å². The minimum Gasteiger partial charge on any atom is -0.394 e. The van der Waals surface area contributed by atoms with E-state index in [0.29, 0.717) is 22.6 Å². The summed E-state index contributed by atoms with van der Waals surface area (Å²) in [5.74, 6) is -9.44. The molecule has 16 N–H and O–H groups in total. The maximum atomic E-state index is 14.7. The number of carbonyl (C=O) groups is 11. The first-order valence-electron chi connectivity index (χ1n) is 29.3. The van der Waals surface area contributed by atoms with E-state index in [1.165, 1.54) is 24.2 Å².